The second-order valence-corrected chi connectivity index (χ2v) is 7.86. The minimum Gasteiger partial charge on any atom is -0.316 e. The van der Waals surface area contributed by atoms with E-state index in [-0.39, 0.29) is 0 Å². The van der Waals surface area contributed by atoms with Crippen LogP contribution in [0.1, 0.15) is 39.0 Å². The van der Waals surface area contributed by atoms with Gasteiger partial charge >= 0.3 is 0 Å². The summed E-state index contributed by atoms with van der Waals surface area (Å²) in [5.41, 5.74) is 0.632. The van der Waals surface area contributed by atoms with E-state index in [0.717, 1.165) is 11.3 Å². The topological polar surface area (TPSA) is 15.3 Å². The van der Waals surface area contributed by atoms with Crippen molar-refractivity contribution in [1.29, 1.82) is 0 Å². The van der Waals surface area contributed by atoms with Gasteiger partial charge in [0, 0.05) is 30.1 Å². The summed E-state index contributed by atoms with van der Waals surface area (Å²) in [5.74, 6) is 1.38. The molecule has 17 heavy (non-hydrogen) atoms. The lowest BCUT2D eigenvalue weighted by Gasteiger charge is -2.47. The maximum atomic E-state index is 3.63. The summed E-state index contributed by atoms with van der Waals surface area (Å²) in [6, 6.07) is 0.883. The van der Waals surface area contributed by atoms with E-state index in [0.29, 0.717) is 5.41 Å². The molecule has 3 aliphatic rings. The Morgan fingerprint density at radius 3 is 2.88 bits per heavy atom. The highest BCUT2D eigenvalue weighted by atomic mass is 32.2. The zero-order valence-electron chi connectivity index (χ0n) is 11.1. The van der Waals surface area contributed by atoms with Crippen LogP contribution in [0.5, 0.6) is 0 Å². The molecule has 3 saturated heterocycles. The molecule has 0 aromatic rings. The number of thioether (sulfide) groups is 1. The van der Waals surface area contributed by atoms with Crippen LogP contribution in [0.25, 0.3) is 0 Å². The van der Waals surface area contributed by atoms with Gasteiger partial charge in [0.25, 0.3) is 0 Å². The molecule has 3 heterocycles. The summed E-state index contributed by atoms with van der Waals surface area (Å²) in [4.78, 5) is 2.83. The fourth-order valence-corrected chi connectivity index (χ4v) is 5.24. The first-order valence-corrected chi connectivity index (χ1v) is 8.39. The van der Waals surface area contributed by atoms with Crippen molar-refractivity contribution in [3.63, 3.8) is 0 Å². The minimum atomic E-state index is 0.632. The molecule has 1 spiro atoms. The molecule has 3 rings (SSSR count). The average molecular weight is 254 g/mol. The van der Waals surface area contributed by atoms with Crippen LogP contribution < -0.4 is 5.32 Å². The minimum absolute atomic E-state index is 0.632. The molecule has 3 fully saturated rings. The van der Waals surface area contributed by atoms with Crippen LogP contribution >= 0.6 is 11.8 Å². The van der Waals surface area contributed by atoms with Crippen LogP contribution in [0.3, 0.4) is 0 Å². The molecular formula is C14H26N2S. The fraction of sp³-hybridized carbons (Fsp3) is 1.00. The molecular weight excluding hydrogens is 228 g/mol. The zero-order valence-corrected chi connectivity index (χ0v) is 11.9. The Kier molecular flexibility index (Phi) is 3.69. The number of hydrogen-bond donors (Lipinski definition) is 1. The highest BCUT2D eigenvalue weighted by molar-refractivity contribution is 8.00. The molecule has 0 bridgehead atoms. The van der Waals surface area contributed by atoms with E-state index in [2.05, 4.69) is 28.9 Å². The maximum Gasteiger partial charge on any atom is 0.0197 e. The molecule has 0 radical (unpaired) electrons. The lowest BCUT2D eigenvalue weighted by molar-refractivity contribution is 0.0429. The predicted molar refractivity (Wildman–Crippen MR) is 75.7 cm³/mol. The smallest absolute Gasteiger partial charge is 0.0197 e. The van der Waals surface area contributed by atoms with Gasteiger partial charge in [-0.15, -0.1) is 0 Å². The van der Waals surface area contributed by atoms with Crippen LogP contribution in [0.2, 0.25) is 0 Å². The molecule has 0 aliphatic carbocycles. The Hall–Kier alpha value is 0.270. The van der Waals surface area contributed by atoms with Crippen LogP contribution in [0.4, 0.5) is 0 Å². The molecule has 2 nitrogen and oxygen atoms in total. The first-order chi connectivity index (χ1) is 8.27. The monoisotopic (exact) mass is 254 g/mol. The van der Waals surface area contributed by atoms with Crippen molar-refractivity contribution in [1.82, 2.24) is 10.2 Å². The van der Waals surface area contributed by atoms with E-state index >= 15 is 0 Å². The van der Waals surface area contributed by atoms with Gasteiger partial charge in [0.1, 0.15) is 0 Å². The largest absolute Gasteiger partial charge is 0.316 e. The summed E-state index contributed by atoms with van der Waals surface area (Å²) >= 11 is 2.18. The molecule has 98 valence electrons. The highest BCUT2D eigenvalue weighted by Crippen LogP contribution is 2.39. The lowest BCUT2D eigenvalue weighted by Crippen LogP contribution is -2.53. The maximum absolute atomic E-state index is 3.63. The summed E-state index contributed by atoms with van der Waals surface area (Å²) in [7, 11) is 0. The second kappa shape index (κ2) is 5.10. The number of nitrogens with zero attached hydrogens (tertiary/aromatic N) is 1. The fourth-order valence-electron chi connectivity index (χ4n) is 3.99. The van der Waals surface area contributed by atoms with Crippen molar-refractivity contribution in [3.8, 4) is 0 Å². The third kappa shape index (κ3) is 2.66. The van der Waals surface area contributed by atoms with E-state index in [1.54, 1.807) is 0 Å². The molecule has 3 aliphatic heterocycles. The van der Waals surface area contributed by atoms with E-state index in [1.807, 2.05) is 0 Å². The summed E-state index contributed by atoms with van der Waals surface area (Å²) in [5, 5.41) is 4.52. The Labute approximate surface area is 110 Å². The van der Waals surface area contributed by atoms with Crippen LogP contribution in [0, 0.1) is 5.41 Å². The Morgan fingerprint density at radius 2 is 2.18 bits per heavy atom. The third-order valence-corrected chi connectivity index (χ3v) is 6.28. The first kappa shape index (κ1) is 12.3. The van der Waals surface area contributed by atoms with Gasteiger partial charge in [0.15, 0.2) is 0 Å². The van der Waals surface area contributed by atoms with Crippen molar-refractivity contribution in [2.45, 2.75) is 50.3 Å². The van der Waals surface area contributed by atoms with E-state index in [1.165, 1.54) is 64.0 Å². The zero-order chi connectivity index (χ0) is 11.7. The van der Waals surface area contributed by atoms with Gasteiger partial charge in [-0.1, -0.05) is 6.92 Å². The molecule has 1 N–H and O–H groups in total. The van der Waals surface area contributed by atoms with Gasteiger partial charge in [0.2, 0.25) is 0 Å². The van der Waals surface area contributed by atoms with Gasteiger partial charge in [0.05, 0.1) is 0 Å². The lowest BCUT2D eigenvalue weighted by atomic mass is 9.74. The SMILES string of the molecule is CC1CC(N2CCCC3(CCCNC3)C2)CS1. The van der Waals surface area contributed by atoms with Crippen molar-refractivity contribution < 1.29 is 0 Å². The van der Waals surface area contributed by atoms with Crippen molar-refractivity contribution in [2.24, 2.45) is 5.41 Å². The standard InChI is InChI=1S/C14H26N2S/c1-12-8-13(9-17-12)16-7-3-5-14(11-16)4-2-6-15-10-14/h12-13,15H,2-11H2,1H3. The van der Waals surface area contributed by atoms with E-state index < -0.39 is 0 Å². The number of hydrogen-bond acceptors (Lipinski definition) is 3. The third-order valence-electron chi connectivity index (χ3n) is 4.95. The molecule has 3 unspecified atom stereocenters. The second-order valence-electron chi connectivity index (χ2n) is 6.39. The molecule has 0 aromatic carbocycles. The van der Waals surface area contributed by atoms with Gasteiger partial charge in [-0.3, -0.25) is 4.90 Å². The van der Waals surface area contributed by atoms with E-state index in [9.17, 15) is 0 Å². The molecule has 3 atom stereocenters. The van der Waals surface area contributed by atoms with Crippen molar-refractivity contribution >= 4 is 11.8 Å². The van der Waals surface area contributed by atoms with Gasteiger partial charge in [-0.05, 0) is 50.6 Å². The van der Waals surface area contributed by atoms with Gasteiger partial charge in [-0.25, -0.2) is 0 Å². The van der Waals surface area contributed by atoms with E-state index in [4.69, 9.17) is 0 Å². The number of rotatable bonds is 1. The van der Waals surface area contributed by atoms with Crippen LogP contribution in [-0.4, -0.2) is 48.1 Å². The Balaban J connectivity index is 1.62. The van der Waals surface area contributed by atoms with Crippen LogP contribution in [-0.2, 0) is 0 Å². The normalized spacial score (nSPS) is 44.3. The number of piperidine rings is 2. The Bertz CT molecular complexity index is 257. The Morgan fingerprint density at radius 1 is 1.29 bits per heavy atom. The van der Waals surface area contributed by atoms with Crippen molar-refractivity contribution in [3.05, 3.63) is 0 Å². The summed E-state index contributed by atoms with van der Waals surface area (Å²) in [6.07, 6.45) is 7.17. The summed E-state index contributed by atoms with van der Waals surface area (Å²) in [6.45, 7) is 7.65. The van der Waals surface area contributed by atoms with Crippen molar-refractivity contribution in [2.75, 3.05) is 31.9 Å². The number of likely N-dealkylation sites (tertiary alicyclic amines) is 1. The molecule has 3 heteroatoms. The predicted octanol–water partition coefficient (Wildman–Crippen LogP) is 2.35. The average Bonchev–Trinajstić information content (AvgIpc) is 2.77. The summed E-state index contributed by atoms with van der Waals surface area (Å²) < 4.78 is 0. The highest BCUT2D eigenvalue weighted by Gasteiger charge is 2.39. The van der Waals surface area contributed by atoms with Gasteiger partial charge < -0.3 is 5.32 Å². The quantitative estimate of drug-likeness (QED) is 0.773. The molecule has 0 aromatic heterocycles. The number of nitrogens with one attached hydrogen (secondary N) is 1. The van der Waals surface area contributed by atoms with Crippen LogP contribution in [0.15, 0.2) is 0 Å². The molecule has 0 amide bonds. The molecule has 0 saturated carbocycles. The van der Waals surface area contributed by atoms with Gasteiger partial charge in [-0.2, -0.15) is 11.8 Å². The first-order valence-electron chi connectivity index (χ1n) is 7.34.